The van der Waals surface area contributed by atoms with E-state index in [9.17, 15) is 19.0 Å². The number of likely N-dealkylation sites (N-methyl/N-ethyl adjacent to an activating group) is 1. The van der Waals surface area contributed by atoms with E-state index in [0.717, 1.165) is 103 Å². The second-order valence-electron chi connectivity index (χ2n) is 23.3. The summed E-state index contributed by atoms with van der Waals surface area (Å²) < 4.78 is 30.7. The number of esters is 1. The molecule has 0 saturated heterocycles. The summed E-state index contributed by atoms with van der Waals surface area (Å²) in [5.74, 6) is -0.518. The van der Waals surface area contributed by atoms with Gasteiger partial charge in [0.15, 0.2) is 0 Å². The number of hydrogen-bond donors (Lipinski definition) is 2. The number of rotatable bonds is 59. The molecule has 0 spiro atoms. The van der Waals surface area contributed by atoms with E-state index in [1.165, 1.54) is 161 Å². The zero-order valence-corrected chi connectivity index (χ0v) is 52.8. The molecule has 0 aliphatic carbocycles. The van der Waals surface area contributed by atoms with Gasteiger partial charge < -0.3 is 19.4 Å². The lowest BCUT2D eigenvalue weighted by Gasteiger charge is -2.27. The van der Waals surface area contributed by atoms with E-state index < -0.39 is 20.0 Å². The SMILES string of the molecule is CCCCC/C=C\C/C=C\C/C=C\C/C=C\CCCCCCCCCC(=O)NC(COP(=O)(O)OCC[N+](C)(C)C)C(/C=C\CCCCCCCCCCCC)OC(=O)CCCCCCCCC/C=C/CCCCCCCC. The fourth-order valence-corrected chi connectivity index (χ4v) is 10.0. The highest BCUT2D eigenvalue weighted by atomic mass is 31.2. The van der Waals surface area contributed by atoms with Crippen LogP contribution in [0.15, 0.2) is 72.9 Å². The highest BCUT2D eigenvalue weighted by Gasteiger charge is 2.30. The molecule has 0 heterocycles. The molecule has 78 heavy (non-hydrogen) atoms. The van der Waals surface area contributed by atoms with Crippen molar-refractivity contribution in [2.24, 2.45) is 0 Å². The Morgan fingerprint density at radius 3 is 1.21 bits per heavy atom. The van der Waals surface area contributed by atoms with Gasteiger partial charge in [-0.3, -0.25) is 18.6 Å². The fourth-order valence-electron chi connectivity index (χ4n) is 9.27. The second kappa shape index (κ2) is 57.7. The predicted octanol–water partition coefficient (Wildman–Crippen LogP) is 20.4. The Labute approximate surface area is 483 Å². The molecule has 0 rings (SSSR count). The number of carbonyl (C=O) groups excluding carboxylic acids is 2. The number of unbranched alkanes of at least 4 members (excludes halogenated alkanes) is 33. The smallest absolute Gasteiger partial charge is 0.456 e. The van der Waals surface area contributed by atoms with Crippen molar-refractivity contribution in [2.45, 2.75) is 309 Å². The summed E-state index contributed by atoms with van der Waals surface area (Å²) in [6.07, 6.45) is 74.6. The summed E-state index contributed by atoms with van der Waals surface area (Å²) in [5, 5.41) is 3.06. The van der Waals surface area contributed by atoms with Gasteiger partial charge in [0, 0.05) is 12.8 Å². The number of hydrogen-bond acceptors (Lipinski definition) is 6. The van der Waals surface area contributed by atoms with Gasteiger partial charge in [0.2, 0.25) is 5.91 Å². The molecule has 10 heteroatoms. The minimum atomic E-state index is -4.46. The molecule has 454 valence electrons. The van der Waals surface area contributed by atoms with Gasteiger partial charge in [-0.1, -0.05) is 255 Å². The van der Waals surface area contributed by atoms with Crippen LogP contribution in [0.4, 0.5) is 0 Å². The van der Waals surface area contributed by atoms with Crippen LogP contribution in [-0.4, -0.2) is 74.3 Å². The van der Waals surface area contributed by atoms with Crippen molar-refractivity contribution in [1.29, 1.82) is 0 Å². The molecule has 3 atom stereocenters. The molecule has 9 nitrogen and oxygen atoms in total. The van der Waals surface area contributed by atoms with Crippen molar-refractivity contribution in [2.75, 3.05) is 40.9 Å². The van der Waals surface area contributed by atoms with Crippen molar-refractivity contribution < 1.29 is 37.3 Å². The number of nitrogens with zero attached hydrogens (tertiary/aromatic N) is 1. The van der Waals surface area contributed by atoms with Crippen LogP contribution in [0.1, 0.15) is 297 Å². The van der Waals surface area contributed by atoms with Gasteiger partial charge >= 0.3 is 13.8 Å². The van der Waals surface area contributed by atoms with Crippen molar-refractivity contribution in [3.05, 3.63) is 72.9 Å². The maximum absolute atomic E-state index is 13.6. The Balaban J connectivity index is 5.21. The number of amides is 1. The van der Waals surface area contributed by atoms with E-state index in [4.69, 9.17) is 13.8 Å². The molecule has 0 fully saturated rings. The first kappa shape index (κ1) is 75.5. The first-order valence-corrected chi connectivity index (χ1v) is 34.3. The lowest BCUT2D eigenvalue weighted by atomic mass is 10.0. The molecule has 0 aromatic heterocycles. The Bertz CT molecular complexity index is 1570. The van der Waals surface area contributed by atoms with Gasteiger partial charge in [-0.25, -0.2) is 4.57 Å². The Morgan fingerprint density at radius 2 is 0.782 bits per heavy atom. The van der Waals surface area contributed by atoms with E-state index in [0.29, 0.717) is 17.4 Å². The molecule has 3 unspecified atom stereocenters. The molecule has 0 aromatic rings. The molecule has 0 saturated carbocycles. The van der Waals surface area contributed by atoms with E-state index in [-0.39, 0.29) is 31.5 Å². The zero-order chi connectivity index (χ0) is 57.2. The maximum Gasteiger partial charge on any atom is 0.472 e. The zero-order valence-electron chi connectivity index (χ0n) is 51.9. The number of nitrogens with one attached hydrogen (secondary N) is 1. The van der Waals surface area contributed by atoms with E-state index in [2.05, 4.69) is 86.8 Å². The van der Waals surface area contributed by atoms with Crippen LogP contribution in [0, 0.1) is 0 Å². The number of phosphoric ester groups is 1. The molecule has 2 N–H and O–H groups in total. The molecule has 0 aliphatic rings. The standard InChI is InChI=1S/C68H125N2O7P/c1-7-10-13-16-19-22-25-28-30-32-33-34-35-36-37-39-40-42-45-48-51-54-57-60-67(71)69-65(64-76-78(73,74)75-63-62-70(4,5)6)66(59-56-53-50-47-44-27-24-21-18-15-12-9-3)77-68(72)61-58-55-52-49-46-43-41-38-31-29-26-23-20-17-14-11-8-2/h19,22,28-31,33-34,36-37,56,59,65-66H,7-18,20-21,23-27,32,35,38-55,57-58,60-64H2,1-6H3,(H-,69,71,73,74)/p+1/b22-19-,30-28-,31-29+,34-33-,37-36-,59-56-. The van der Waals surface area contributed by atoms with Crippen LogP contribution in [0.2, 0.25) is 0 Å². The predicted molar refractivity (Wildman–Crippen MR) is 337 cm³/mol. The lowest BCUT2D eigenvalue weighted by Crippen LogP contribution is -2.47. The number of phosphoric acid groups is 1. The summed E-state index contributed by atoms with van der Waals surface area (Å²) >= 11 is 0. The highest BCUT2D eigenvalue weighted by molar-refractivity contribution is 7.47. The molecule has 0 radical (unpaired) electrons. The van der Waals surface area contributed by atoms with Gasteiger partial charge in [0.05, 0.1) is 33.8 Å². The molecular weight excluding hydrogens is 988 g/mol. The van der Waals surface area contributed by atoms with Crippen LogP contribution in [-0.2, 0) is 27.9 Å². The van der Waals surface area contributed by atoms with Crippen LogP contribution in [0.3, 0.4) is 0 Å². The van der Waals surface area contributed by atoms with Crippen LogP contribution < -0.4 is 5.32 Å². The van der Waals surface area contributed by atoms with E-state index >= 15 is 0 Å². The minimum Gasteiger partial charge on any atom is -0.456 e. The largest absolute Gasteiger partial charge is 0.472 e. The maximum atomic E-state index is 13.6. The highest BCUT2D eigenvalue weighted by Crippen LogP contribution is 2.43. The summed E-state index contributed by atoms with van der Waals surface area (Å²) in [6.45, 7) is 6.98. The van der Waals surface area contributed by atoms with Crippen molar-refractivity contribution >= 4 is 19.7 Å². The average Bonchev–Trinajstić information content (AvgIpc) is 3.40. The van der Waals surface area contributed by atoms with Crippen molar-refractivity contribution in [3.63, 3.8) is 0 Å². The summed E-state index contributed by atoms with van der Waals surface area (Å²) in [4.78, 5) is 37.8. The van der Waals surface area contributed by atoms with Gasteiger partial charge in [0.25, 0.3) is 0 Å². The molecule has 0 bridgehead atoms. The first-order chi connectivity index (χ1) is 37.9. The van der Waals surface area contributed by atoms with Gasteiger partial charge in [-0.15, -0.1) is 0 Å². The Morgan fingerprint density at radius 1 is 0.449 bits per heavy atom. The van der Waals surface area contributed by atoms with E-state index in [1.54, 1.807) is 0 Å². The van der Waals surface area contributed by atoms with Crippen LogP contribution >= 0.6 is 7.82 Å². The molecular formula is C68H126N2O7P+. The third-order valence-corrected chi connectivity index (χ3v) is 15.4. The van der Waals surface area contributed by atoms with E-state index in [1.807, 2.05) is 33.3 Å². The number of allylic oxidation sites excluding steroid dienone is 11. The third kappa shape index (κ3) is 58.1. The van der Waals surface area contributed by atoms with Crippen molar-refractivity contribution in [3.8, 4) is 0 Å². The number of quaternary nitrogens is 1. The topological polar surface area (TPSA) is 111 Å². The Kier molecular flexibility index (Phi) is 55.8. The monoisotopic (exact) mass is 1110 g/mol. The Hall–Kier alpha value is -2.55. The molecule has 0 aromatic carbocycles. The number of carbonyl (C=O) groups is 2. The third-order valence-electron chi connectivity index (χ3n) is 14.4. The quantitative estimate of drug-likeness (QED) is 0.0205. The second-order valence-corrected chi connectivity index (χ2v) is 24.7. The number of ether oxygens (including phenoxy) is 1. The van der Waals surface area contributed by atoms with Crippen molar-refractivity contribution in [1.82, 2.24) is 5.32 Å². The summed E-state index contributed by atoms with van der Waals surface area (Å²) in [7, 11) is 1.48. The van der Waals surface area contributed by atoms with Gasteiger partial charge in [-0.2, -0.15) is 0 Å². The molecule has 0 aliphatic heterocycles. The minimum absolute atomic E-state index is 0.0353. The molecule has 1 amide bonds. The van der Waals surface area contributed by atoms with Gasteiger partial charge in [-0.05, 0) is 102 Å². The normalized spacial score (nSPS) is 14.1. The van der Waals surface area contributed by atoms with Crippen LogP contribution in [0.25, 0.3) is 0 Å². The van der Waals surface area contributed by atoms with Crippen LogP contribution in [0.5, 0.6) is 0 Å². The van der Waals surface area contributed by atoms with Gasteiger partial charge in [0.1, 0.15) is 19.3 Å². The first-order valence-electron chi connectivity index (χ1n) is 32.8. The fraction of sp³-hybridized carbons (Fsp3) is 0.794. The lowest BCUT2D eigenvalue weighted by molar-refractivity contribution is -0.870. The average molecular weight is 1110 g/mol. The summed E-state index contributed by atoms with van der Waals surface area (Å²) in [5.41, 5.74) is 0. The summed E-state index contributed by atoms with van der Waals surface area (Å²) in [6, 6.07) is -0.858.